The number of benzene rings is 1. The highest BCUT2D eigenvalue weighted by Gasteiger charge is 2.35. The molecule has 2 bridgehead atoms. The van der Waals surface area contributed by atoms with E-state index in [4.69, 9.17) is 4.84 Å². The van der Waals surface area contributed by atoms with Crippen molar-refractivity contribution in [2.24, 2.45) is 21.3 Å². The number of oxime groups is 1. The SMILES string of the molecule is C/C(=N\OCC(=O)N=Nc1c(O)n(CN2C[C@H]3C[C@H](C2)c2cccc(=O)n2C3)c2ccccc12)c1cccs1. The predicted molar refractivity (Wildman–Crippen MR) is 149 cm³/mol. The number of hydrogen-bond donors (Lipinski definition) is 1. The van der Waals surface area contributed by atoms with Gasteiger partial charge in [0.2, 0.25) is 5.88 Å². The molecule has 5 heterocycles. The number of hydrogen-bond acceptors (Lipinski definition) is 8. The fraction of sp³-hybridized carbons (Fsp3) is 0.321. The lowest BCUT2D eigenvalue weighted by Gasteiger charge is -2.42. The number of likely N-dealkylation sites (tertiary alicyclic amines) is 1. The van der Waals surface area contributed by atoms with Crippen LogP contribution in [0.3, 0.4) is 0 Å². The Morgan fingerprint density at radius 3 is 2.82 bits per heavy atom. The Morgan fingerprint density at radius 2 is 1.97 bits per heavy atom. The van der Waals surface area contributed by atoms with E-state index in [0.29, 0.717) is 30.2 Å². The number of piperidine rings is 1. The van der Waals surface area contributed by atoms with E-state index in [1.54, 1.807) is 17.6 Å². The minimum atomic E-state index is -0.605. The average Bonchev–Trinajstić information content (AvgIpc) is 3.56. The topological polar surface area (TPSA) is 114 Å². The maximum absolute atomic E-state index is 12.4. The summed E-state index contributed by atoms with van der Waals surface area (Å²) in [5, 5.41) is 25.7. The number of carbonyl (C=O) groups excluding carboxylic acids is 1. The summed E-state index contributed by atoms with van der Waals surface area (Å²) in [6, 6.07) is 16.9. The predicted octanol–water partition coefficient (Wildman–Crippen LogP) is 4.70. The summed E-state index contributed by atoms with van der Waals surface area (Å²) in [7, 11) is 0. The third-order valence-electron chi connectivity index (χ3n) is 7.34. The Kier molecular flexibility index (Phi) is 6.84. The molecule has 0 radical (unpaired) electrons. The second-order valence-electron chi connectivity index (χ2n) is 10.0. The molecule has 1 amide bonds. The van der Waals surface area contributed by atoms with Crippen LogP contribution in [0, 0.1) is 5.92 Å². The number of thiophene rings is 1. The zero-order chi connectivity index (χ0) is 26.9. The summed E-state index contributed by atoms with van der Waals surface area (Å²) in [5.41, 5.74) is 2.86. The van der Waals surface area contributed by atoms with Gasteiger partial charge in [-0.2, -0.15) is 0 Å². The van der Waals surface area contributed by atoms with Crippen LogP contribution in [0.4, 0.5) is 5.69 Å². The van der Waals surface area contributed by atoms with Crippen molar-refractivity contribution < 1.29 is 14.7 Å². The molecule has 200 valence electrons. The Labute approximate surface area is 228 Å². The lowest BCUT2D eigenvalue weighted by molar-refractivity contribution is -0.122. The molecule has 3 aromatic heterocycles. The lowest BCUT2D eigenvalue weighted by atomic mass is 9.83. The molecule has 1 saturated heterocycles. The molecule has 2 aliphatic heterocycles. The molecule has 1 fully saturated rings. The molecule has 39 heavy (non-hydrogen) atoms. The van der Waals surface area contributed by atoms with Crippen molar-refractivity contribution in [3.63, 3.8) is 0 Å². The zero-order valence-corrected chi connectivity index (χ0v) is 22.3. The van der Waals surface area contributed by atoms with Crippen LogP contribution in [-0.2, 0) is 22.8 Å². The van der Waals surface area contributed by atoms with Crippen LogP contribution in [0.5, 0.6) is 5.88 Å². The number of azo groups is 1. The fourth-order valence-electron chi connectivity index (χ4n) is 5.67. The molecule has 1 N–H and O–H groups in total. The molecular formula is C28H28N6O4S. The van der Waals surface area contributed by atoms with Crippen molar-refractivity contribution in [1.29, 1.82) is 0 Å². The van der Waals surface area contributed by atoms with E-state index in [-0.39, 0.29) is 29.7 Å². The first-order valence-corrected chi connectivity index (χ1v) is 13.7. The van der Waals surface area contributed by atoms with Crippen molar-refractivity contribution in [2.45, 2.75) is 32.5 Å². The highest BCUT2D eigenvalue weighted by atomic mass is 32.1. The van der Waals surface area contributed by atoms with E-state index in [1.165, 1.54) is 11.3 Å². The molecule has 6 rings (SSSR count). The molecular weight excluding hydrogens is 516 g/mol. The number of para-hydroxylation sites is 1. The largest absolute Gasteiger partial charge is 0.493 e. The smallest absolute Gasteiger partial charge is 0.304 e. The van der Waals surface area contributed by atoms with Crippen LogP contribution in [0.25, 0.3) is 10.9 Å². The first kappa shape index (κ1) is 25.2. The zero-order valence-electron chi connectivity index (χ0n) is 21.4. The van der Waals surface area contributed by atoms with Gasteiger partial charge in [0.15, 0.2) is 12.3 Å². The van der Waals surface area contributed by atoms with Crippen LogP contribution >= 0.6 is 11.3 Å². The van der Waals surface area contributed by atoms with Gasteiger partial charge < -0.3 is 14.5 Å². The third kappa shape index (κ3) is 5.02. The average molecular weight is 545 g/mol. The first-order chi connectivity index (χ1) is 19.0. The standard InChI is InChI=1S/C28H28N6O4S/c1-18(24-9-5-11-39-24)31-38-16-25(35)29-30-27-21-6-2-3-7-23(21)34(28(27)37)17-32-13-19-12-20(15-32)22-8-4-10-26(36)33(22)14-19/h2-11,19-20,37H,12-17H2,1H3/b30-29?,31-18+/t19-,20-/m1/s1. The van der Waals surface area contributed by atoms with Gasteiger partial charge in [-0.3, -0.25) is 19.1 Å². The second-order valence-corrected chi connectivity index (χ2v) is 11.0. The number of carbonyl (C=O) groups is 1. The molecule has 4 aromatic rings. The summed E-state index contributed by atoms with van der Waals surface area (Å²) in [4.78, 5) is 33.1. The van der Waals surface area contributed by atoms with Gasteiger partial charge >= 0.3 is 5.91 Å². The first-order valence-electron chi connectivity index (χ1n) is 12.8. The highest BCUT2D eigenvalue weighted by Crippen LogP contribution is 2.40. The fourth-order valence-corrected chi connectivity index (χ4v) is 6.34. The molecule has 0 unspecified atom stereocenters. The van der Waals surface area contributed by atoms with Gasteiger partial charge in [-0.1, -0.05) is 35.5 Å². The van der Waals surface area contributed by atoms with E-state index >= 15 is 0 Å². The summed E-state index contributed by atoms with van der Waals surface area (Å²) < 4.78 is 3.71. The number of aromatic hydroxyl groups is 1. The van der Waals surface area contributed by atoms with E-state index < -0.39 is 5.91 Å². The Bertz CT molecular complexity index is 1640. The van der Waals surface area contributed by atoms with Gasteiger partial charge in [0, 0.05) is 42.7 Å². The van der Waals surface area contributed by atoms with Crippen molar-refractivity contribution in [1.82, 2.24) is 14.0 Å². The lowest BCUT2D eigenvalue weighted by Crippen LogP contribution is -2.47. The Hall–Kier alpha value is -4.09. The number of pyridine rings is 1. The van der Waals surface area contributed by atoms with Gasteiger partial charge in [0.25, 0.3) is 5.56 Å². The number of amides is 1. The molecule has 2 atom stereocenters. The van der Waals surface area contributed by atoms with Crippen LogP contribution in [-0.4, -0.2) is 50.5 Å². The quantitative estimate of drug-likeness (QED) is 0.206. The second kappa shape index (κ2) is 10.6. The molecule has 10 nitrogen and oxygen atoms in total. The monoisotopic (exact) mass is 544 g/mol. The van der Waals surface area contributed by atoms with Gasteiger partial charge in [-0.05, 0) is 42.8 Å². The van der Waals surface area contributed by atoms with E-state index in [9.17, 15) is 14.7 Å². The molecule has 0 saturated carbocycles. The van der Waals surface area contributed by atoms with Gasteiger partial charge in [-0.25, -0.2) is 0 Å². The number of aromatic nitrogens is 2. The maximum atomic E-state index is 12.4. The van der Waals surface area contributed by atoms with Gasteiger partial charge in [0.05, 0.1) is 22.8 Å². The van der Waals surface area contributed by atoms with Crippen molar-refractivity contribution in [2.75, 3.05) is 19.7 Å². The molecule has 0 spiro atoms. The molecule has 2 aliphatic rings. The minimum absolute atomic E-state index is 0.0485. The van der Waals surface area contributed by atoms with E-state index in [1.807, 2.05) is 58.5 Å². The summed E-state index contributed by atoms with van der Waals surface area (Å²) in [5.74, 6) is -0.0271. The maximum Gasteiger partial charge on any atom is 0.304 e. The van der Waals surface area contributed by atoms with Crippen molar-refractivity contribution in [3.05, 3.63) is 80.9 Å². The molecule has 11 heteroatoms. The normalized spacial score (nSPS) is 19.5. The van der Waals surface area contributed by atoms with Crippen molar-refractivity contribution in [3.8, 4) is 5.88 Å². The number of rotatable bonds is 7. The molecule has 0 aliphatic carbocycles. The van der Waals surface area contributed by atoms with E-state index in [2.05, 4.69) is 20.3 Å². The van der Waals surface area contributed by atoms with Crippen LogP contribution < -0.4 is 5.56 Å². The minimum Gasteiger partial charge on any atom is -0.493 e. The summed E-state index contributed by atoms with van der Waals surface area (Å²) in [6.45, 7) is 4.22. The third-order valence-corrected chi connectivity index (χ3v) is 8.32. The molecule has 1 aromatic carbocycles. The summed E-state index contributed by atoms with van der Waals surface area (Å²) >= 11 is 1.53. The van der Waals surface area contributed by atoms with Crippen LogP contribution in [0.2, 0.25) is 0 Å². The summed E-state index contributed by atoms with van der Waals surface area (Å²) in [6.07, 6.45) is 1.05. The van der Waals surface area contributed by atoms with Gasteiger partial charge in [-0.15, -0.1) is 21.6 Å². The Morgan fingerprint density at radius 1 is 1.10 bits per heavy atom. The van der Waals surface area contributed by atoms with Crippen LogP contribution in [0.15, 0.2) is 80.2 Å². The van der Waals surface area contributed by atoms with Gasteiger partial charge in [0.1, 0.15) is 0 Å². The number of nitrogens with zero attached hydrogens (tertiary/aromatic N) is 6. The van der Waals surface area contributed by atoms with E-state index in [0.717, 1.165) is 35.6 Å². The highest BCUT2D eigenvalue weighted by molar-refractivity contribution is 7.12. The Balaban J connectivity index is 1.19. The van der Waals surface area contributed by atoms with Crippen LogP contribution in [0.1, 0.15) is 29.8 Å². The van der Waals surface area contributed by atoms with Crippen molar-refractivity contribution >= 4 is 39.5 Å². The number of fused-ring (bicyclic) bond motifs is 5.